The number of methoxy groups -OCH3 is 1. The van der Waals surface area contributed by atoms with E-state index < -0.39 is 29.9 Å². The van der Waals surface area contributed by atoms with Crippen LogP contribution in [0.25, 0.3) is 0 Å². The van der Waals surface area contributed by atoms with Crippen LogP contribution in [-0.2, 0) is 9.53 Å². The number of nitrogens with zero attached hydrogens (tertiary/aromatic N) is 1. The van der Waals surface area contributed by atoms with E-state index in [1.54, 1.807) is 12.1 Å². The number of esters is 1. The summed E-state index contributed by atoms with van der Waals surface area (Å²) in [7, 11) is 1.13. The van der Waals surface area contributed by atoms with E-state index in [2.05, 4.69) is 4.74 Å². The van der Waals surface area contributed by atoms with Crippen LogP contribution in [0.4, 0.5) is 0 Å². The molecule has 2 amide bonds. The summed E-state index contributed by atoms with van der Waals surface area (Å²) in [5.41, 5.74) is 0.448. The molecule has 2 rings (SSSR count). The monoisotopic (exact) mass is 263 g/mol. The van der Waals surface area contributed by atoms with Crippen molar-refractivity contribution >= 4 is 17.8 Å². The van der Waals surface area contributed by atoms with E-state index in [-0.39, 0.29) is 11.1 Å². The molecule has 0 bridgehead atoms. The van der Waals surface area contributed by atoms with Crippen LogP contribution in [0.15, 0.2) is 24.3 Å². The van der Waals surface area contributed by atoms with Crippen LogP contribution in [0.1, 0.15) is 27.6 Å². The molecule has 1 aromatic rings. The average Bonchev–Trinajstić information content (AvgIpc) is 2.64. The molecule has 1 aliphatic rings. The molecule has 1 N–H and O–H groups in total. The third kappa shape index (κ3) is 2.00. The maximum Gasteiger partial charge on any atom is 0.331 e. The van der Waals surface area contributed by atoms with Gasteiger partial charge in [-0.1, -0.05) is 12.1 Å². The van der Waals surface area contributed by atoms with Crippen LogP contribution in [-0.4, -0.2) is 47.0 Å². The van der Waals surface area contributed by atoms with Gasteiger partial charge in [0, 0.05) is 0 Å². The molecule has 0 unspecified atom stereocenters. The second-order valence-corrected chi connectivity index (χ2v) is 4.23. The van der Waals surface area contributed by atoms with Crippen molar-refractivity contribution in [2.24, 2.45) is 0 Å². The summed E-state index contributed by atoms with van der Waals surface area (Å²) in [4.78, 5) is 36.7. The predicted octanol–water partition coefficient (Wildman–Crippen LogP) is 0.205. The molecule has 1 aromatic carbocycles. The van der Waals surface area contributed by atoms with Gasteiger partial charge in [-0.25, -0.2) is 4.79 Å². The first-order valence-corrected chi connectivity index (χ1v) is 5.72. The van der Waals surface area contributed by atoms with Crippen molar-refractivity contribution in [3.8, 4) is 0 Å². The molecule has 1 aliphatic heterocycles. The van der Waals surface area contributed by atoms with Crippen molar-refractivity contribution in [1.82, 2.24) is 4.90 Å². The molecule has 19 heavy (non-hydrogen) atoms. The number of benzene rings is 1. The Morgan fingerprint density at radius 2 is 1.68 bits per heavy atom. The van der Waals surface area contributed by atoms with E-state index in [1.165, 1.54) is 19.1 Å². The number of ether oxygens (including phenoxy) is 1. The second-order valence-electron chi connectivity index (χ2n) is 4.23. The Bertz CT molecular complexity index is 517. The van der Waals surface area contributed by atoms with Crippen LogP contribution in [0.3, 0.4) is 0 Å². The van der Waals surface area contributed by atoms with Crippen molar-refractivity contribution in [3.05, 3.63) is 35.4 Å². The number of aliphatic hydroxyl groups is 1. The first kappa shape index (κ1) is 13.2. The number of carbonyl (C=O) groups excluding carboxylic acids is 3. The maximum atomic E-state index is 12.2. The lowest BCUT2D eigenvalue weighted by molar-refractivity contribution is -0.148. The zero-order valence-electron chi connectivity index (χ0n) is 10.5. The normalized spacial score (nSPS) is 17.1. The topological polar surface area (TPSA) is 83.9 Å². The van der Waals surface area contributed by atoms with E-state index in [4.69, 9.17) is 0 Å². The van der Waals surface area contributed by atoms with Crippen LogP contribution < -0.4 is 0 Å². The third-order valence-corrected chi connectivity index (χ3v) is 3.00. The number of carbonyl (C=O) groups is 3. The molecule has 6 heteroatoms. The smallest absolute Gasteiger partial charge is 0.331 e. The predicted molar refractivity (Wildman–Crippen MR) is 64.4 cm³/mol. The summed E-state index contributed by atoms with van der Waals surface area (Å²) < 4.78 is 4.54. The first-order chi connectivity index (χ1) is 8.99. The highest BCUT2D eigenvalue weighted by atomic mass is 16.5. The molecule has 0 radical (unpaired) electrons. The number of fused-ring (bicyclic) bond motifs is 1. The summed E-state index contributed by atoms with van der Waals surface area (Å²) in [6, 6.07) is 4.93. The van der Waals surface area contributed by atoms with Gasteiger partial charge in [0.05, 0.1) is 24.3 Å². The Kier molecular flexibility index (Phi) is 3.35. The van der Waals surface area contributed by atoms with E-state index in [0.29, 0.717) is 0 Å². The fourth-order valence-corrected chi connectivity index (χ4v) is 2.10. The largest absolute Gasteiger partial charge is 0.467 e. The Morgan fingerprint density at radius 3 is 2.05 bits per heavy atom. The second kappa shape index (κ2) is 4.81. The first-order valence-electron chi connectivity index (χ1n) is 5.72. The molecule has 0 saturated carbocycles. The van der Waals surface area contributed by atoms with Crippen molar-refractivity contribution < 1.29 is 24.2 Å². The van der Waals surface area contributed by atoms with Crippen molar-refractivity contribution in [3.63, 3.8) is 0 Å². The zero-order valence-corrected chi connectivity index (χ0v) is 10.5. The Balaban J connectivity index is 2.45. The van der Waals surface area contributed by atoms with Gasteiger partial charge in [0.25, 0.3) is 11.8 Å². The van der Waals surface area contributed by atoms with Gasteiger partial charge in [0.15, 0.2) is 6.04 Å². The minimum absolute atomic E-state index is 0.224. The van der Waals surface area contributed by atoms with E-state index in [1.807, 2.05) is 0 Å². The number of aliphatic hydroxyl groups excluding tert-OH is 1. The summed E-state index contributed by atoms with van der Waals surface area (Å²) in [6.45, 7) is 1.32. The van der Waals surface area contributed by atoms with Gasteiger partial charge in [-0.3, -0.25) is 14.5 Å². The van der Waals surface area contributed by atoms with Crippen LogP contribution in [0.2, 0.25) is 0 Å². The quantitative estimate of drug-likeness (QED) is 0.622. The number of imide groups is 1. The highest BCUT2D eigenvalue weighted by Gasteiger charge is 2.45. The van der Waals surface area contributed by atoms with E-state index >= 15 is 0 Å². The molecular formula is C13H13NO5. The van der Waals surface area contributed by atoms with Crippen LogP contribution in [0.5, 0.6) is 0 Å². The van der Waals surface area contributed by atoms with Gasteiger partial charge >= 0.3 is 5.97 Å². The molecule has 0 fully saturated rings. The number of rotatable bonds is 3. The molecule has 0 aromatic heterocycles. The minimum atomic E-state index is -1.34. The Hall–Kier alpha value is -2.21. The Morgan fingerprint density at radius 1 is 1.21 bits per heavy atom. The van der Waals surface area contributed by atoms with Gasteiger partial charge in [0.2, 0.25) is 0 Å². The van der Waals surface area contributed by atoms with Gasteiger partial charge in [-0.05, 0) is 19.1 Å². The minimum Gasteiger partial charge on any atom is -0.467 e. The van der Waals surface area contributed by atoms with E-state index in [0.717, 1.165) is 12.0 Å². The maximum absolute atomic E-state index is 12.2. The van der Waals surface area contributed by atoms with Crippen molar-refractivity contribution in [1.29, 1.82) is 0 Å². The van der Waals surface area contributed by atoms with Crippen LogP contribution in [0, 0.1) is 0 Å². The Labute approximate surface area is 109 Å². The highest BCUT2D eigenvalue weighted by Crippen LogP contribution is 2.25. The lowest BCUT2D eigenvalue weighted by Gasteiger charge is -2.25. The lowest BCUT2D eigenvalue weighted by atomic mass is 10.1. The standard InChI is InChI=1S/C13H13NO5/c1-7(15)10(13(18)19-2)14-11(16)8-5-3-4-6-9(8)12(14)17/h3-7,10,15H,1-2H3/t7-,10-/m0/s1. The van der Waals surface area contributed by atoms with E-state index in [9.17, 15) is 19.5 Å². The molecule has 0 spiro atoms. The summed E-state index contributed by atoms with van der Waals surface area (Å²) in [5.74, 6) is -2.03. The average molecular weight is 263 g/mol. The number of hydrogen-bond donors (Lipinski definition) is 1. The van der Waals surface area contributed by atoms with Gasteiger partial charge in [0.1, 0.15) is 0 Å². The fourth-order valence-electron chi connectivity index (χ4n) is 2.10. The van der Waals surface area contributed by atoms with Crippen molar-refractivity contribution in [2.75, 3.05) is 7.11 Å². The van der Waals surface area contributed by atoms with Gasteiger partial charge in [-0.2, -0.15) is 0 Å². The molecule has 1 heterocycles. The van der Waals surface area contributed by atoms with Gasteiger partial charge in [-0.15, -0.1) is 0 Å². The molecular weight excluding hydrogens is 250 g/mol. The molecule has 6 nitrogen and oxygen atoms in total. The lowest BCUT2D eigenvalue weighted by Crippen LogP contribution is -2.51. The molecule has 100 valence electrons. The summed E-state index contributed by atoms with van der Waals surface area (Å²) in [6.07, 6.45) is -1.21. The number of amides is 2. The third-order valence-electron chi connectivity index (χ3n) is 3.00. The highest BCUT2D eigenvalue weighted by molar-refractivity contribution is 6.22. The SMILES string of the molecule is COC(=O)[C@H]([C@H](C)O)N1C(=O)c2ccccc2C1=O. The fraction of sp³-hybridized carbons (Fsp3) is 0.308. The van der Waals surface area contributed by atoms with Crippen molar-refractivity contribution in [2.45, 2.75) is 19.1 Å². The van der Waals surface area contributed by atoms with Crippen LogP contribution >= 0.6 is 0 Å². The molecule has 0 aliphatic carbocycles. The molecule has 2 atom stereocenters. The zero-order chi connectivity index (χ0) is 14.2. The van der Waals surface area contributed by atoms with Gasteiger partial charge < -0.3 is 9.84 Å². The number of hydrogen-bond acceptors (Lipinski definition) is 5. The summed E-state index contributed by atoms with van der Waals surface area (Å²) >= 11 is 0. The molecule has 0 saturated heterocycles. The summed E-state index contributed by atoms with van der Waals surface area (Å²) in [5, 5.41) is 9.64.